The Balaban J connectivity index is 2.70. The summed E-state index contributed by atoms with van der Waals surface area (Å²) in [4.78, 5) is 2.80. The van der Waals surface area contributed by atoms with Crippen molar-refractivity contribution < 1.29 is 5.11 Å². The number of fused-ring (bicyclic) bond motifs is 1. The Bertz CT molecular complexity index is 637. The monoisotopic (exact) mass is 376 g/mol. The van der Waals surface area contributed by atoms with Crippen molar-refractivity contribution in [1.82, 2.24) is 4.98 Å². The van der Waals surface area contributed by atoms with Gasteiger partial charge in [-0.05, 0) is 40.3 Å². The molecule has 2 aromatic rings. The van der Waals surface area contributed by atoms with Gasteiger partial charge in [0, 0.05) is 14.3 Å². The maximum absolute atomic E-state index is 9.73. The van der Waals surface area contributed by atoms with Crippen LogP contribution in [0.5, 0.6) is 5.88 Å². The van der Waals surface area contributed by atoms with Gasteiger partial charge < -0.3 is 15.8 Å². The Labute approximate surface area is 118 Å². The Hall–Kier alpha value is -0.990. The molecule has 0 amide bonds. The number of H-pyrrole nitrogens is 1. The average molecular weight is 378 g/mol. The number of nitrogens with two attached hydrogens (primary N) is 1. The summed E-state index contributed by atoms with van der Waals surface area (Å²) in [6.07, 6.45) is 0. The number of aromatic nitrogens is 1. The van der Waals surface area contributed by atoms with E-state index in [1.165, 1.54) is 0 Å². The lowest BCUT2D eigenvalue weighted by atomic mass is 10.2. The molecule has 0 fully saturated rings. The standard InChI is InChI=1S/C9H6Br2N4OS/c10-3-1-4-6(5(11)2-3)13-8(16)7(4)14-15-9(12)17/h1-2,13,16H,(H2,12,17). The van der Waals surface area contributed by atoms with Crippen LogP contribution in [0.4, 0.5) is 5.69 Å². The predicted octanol–water partition coefficient (Wildman–Crippen LogP) is 3.73. The Kier molecular flexibility index (Phi) is 3.45. The number of aromatic hydroxyl groups is 1. The zero-order valence-corrected chi connectivity index (χ0v) is 12.2. The second-order valence-electron chi connectivity index (χ2n) is 3.17. The van der Waals surface area contributed by atoms with Gasteiger partial charge in [-0.1, -0.05) is 15.9 Å². The van der Waals surface area contributed by atoms with Crippen molar-refractivity contribution in [2.45, 2.75) is 0 Å². The maximum atomic E-state index is 9.73. The second kappa shape index (κ2) is 4.71. The molecule has 1 aromatic heterocycles. The number of aromatic amines is 1. The van der Waals surface area contributed by atoms with Crippen LogP contribution in [0.2, 0.25) is 0 Å². The number of azo groups is 1. The highest BCUT2D eigenvalue weighted by Crippen LogP contribution is 2.40. The number of rotatable bonds is 1. The minimum Gasteiger partial charge on any atom is -0.493 e. The SMILES string of the molecule is NC(=S)N=Nc1c(O)[nH]c2c(Br)cc(Br)cc12. The molecule has 0 aliphatic carbocycles. The van der Waals surface area contributed by atoms with E-state index >= 15 is 0 Å². The van der Waals surface area contributed by atoms with Crippen LogP contribution in [0, 0.1) is 0 Å². The molecule has 0 spiro atoms. The highest BCUT2D eigenvalue weighted by Gasteiger charge is 2.13. The van der Waals surface area contributed by atoms with Gasteiger partial charge in [-0.25, -0.2) is 0 Å². The first-order valence-electron chi connectivity index (χ1n) is 4.40. The van der Waals surface area contributed by atoms with Gasteiger partial charge >= 0.3 is 0 Å². The fourth-order valence-corrected chi connectivity index (χ4v) is 2.76. The smallest absolute Gasteiger partial charge is 0.218 e. The van der Waals surface area contributed by atoms with Crippen molar-refractivity contribution in [2.75, 3.05) is 0 Å². The van der Waals surface area contributed by atoms with Crippen LogP contribution in [0.25, 0.3) is 10.9 Å². The summed E-state index contributed by atoms with van der Waals surface area (Å²) in [5.74, 6) is -0.0844. The normalized spacial score (nSPS) is 11.4. The molecule has 0 unspecified atom stereocenters. The molecule has 2 rings (SSSR count). The largest absolute Gasteiger partial charge is 0.493 e. The van der Waals surface area contributed by atoms with Gasteiger partial charge in [0.2, 0.25) is 11.0 Å². The van der Waals surface area contributed by atoms with Crippen molar-refractivity contribution in [1.29, 1.82) is 0 Å². The number of thiocarbonyl (C=S) groups is 1. The molecular weight excluding hydrogens is 372 g/mol. The summed E-state index contributed by atoms with van der Waals surface area (Å²) >= 11 is 11.3. The van der Waals surface area contributed by atoms with E-state index in [9.17, 15) is 5.11 Å². The molecule has 0 radical (unpaired) electrons. The minimum atomic E-state index is -0.0900. The molecule has 5 nitrogen and oxygen atoms in total. The van der Waals surface area contributed by atoms with Crippen LogP contribution in [-0.4, -0.2) is 15.2 Å². The fourth-order valence-electron chi connectivity index (χ4n) is 1.39. The Morgan fingerprint density at radius 3 is 2.76 bits per heavy atom. The van der Waals surface area contributed by atoms with Crippen LogP contribution in [0.1, 0.15) is 0 Å². The van der Waals surface area contributed by atoms with Crippen LogP contribution in [-0.2, 0) is 0 Å². The van der Waals surface area contributed by atoms with Crippen molar-refractivity contribution in [3.05, 3.63) is 21.1 Å². The molecule has 0 saturated heterocycles. The number of benzene rings is 1. The molecule has 8 heteroatoms. The highest BCUT2D eigenvalue weighted by atomic mass is 79.9. The number of hydrogen-bond donors (Lipinski definition) is 3. The van der Waals surface area contributed by atoms with Gasteiger partial charge in [-0.3, -0.25) is 0 Å². The van der Waals surface area contributed by atoms with Gasteiger partial charge in [0.1, 0.15) is 0 Å². The Morgan fingerprint density at radius 2 is 2.12 bits per heavy atom. The molecule has 0 aliphatic rings. The summed E-state index contributed by atoms with van der Waals surface area (Å²) < 4.78 is 1.65. The predicted molar refractivity (Wildman–Crippen MR) is 76.7 cm³/mol. The van der Waals surface area contributed by atoms with Crippen molar-refractivity contribution in [3.8, 4) is 5.88 Å². The lowest BCUT2D eigenvalue weighted by Crippen LogP contribution is -2.01. The third kappa shape index (κ3) is 2.48. The molecule has 0 atom stereocenters. The van der Waals surface area contributed by atoms with E-state index in [0.29, 0.717) is 11.1 Å². The number of nitrogens with one attached hydrogen (secondary N) is 1. The average Bonchev–Trinajstić information content (AvgIpc) is 2.52. The number of nitrogens with zero attached hydrogens (tertiary/aromatic N) is 2. The van der Waals surface area contributed by atoms with Crippen molar-refractivity contribution in [3.63, 3.8) is 0 Å². The van der Waals surface area contributed by atoms with E-state index in [0.717, 1.165) is 14.5 Å². The van der Waals surface area contributed by atoms with Gasteiger partial charge in [0.25, 0.3) is 0 Å². The van der Waals surface area contributed by atoms with Crippen LogP contribution >= 0.6 is 44.1 Å². The summed E-state index contributed by atoms with van der Waals surface area (Å²) in [6.45, 7) is 0. The number of hydrogen-bond acceptors (Lipinski definition) is 3. The number of halogens is 2. The topological polar surface area (TPSA) is 86.8 Å². The molecule has 88 valence electrons. The molecule has 0 saturated carbocycles. The molecule has 1 aromatic carbocycles. The quantitative estimate of drug-likeness (QED) is 0.522. The summed E-state index contributed by atoms with van der Waals surface area (Å²) in [5.41, 5.74) is 6.25. The van der Waals surface area contributed by atoms with E-state index in [1.807, 2.05) is 12.1 Å². The highest BCUT2D eigenvalue weighted by molar-refractivity contribution is 9.11. The molecule has 17 heavy (non-hydrogen) atoms. The maximum Gasteiger partial charge on any atom is 0.218 e. The fraction of sp³-hybridized carbons (Fsp3) is 0. The van der Waals surface area contributed by atoms with Gasteiger partial charge in [-0.15, -0.1) is 10.2 Å². The van der Waals surface area contributed by atoms with Crippen molar-refractivity contribution >= 4 is 65.8 Å². The first-order chi connectivity index (χ1) is 7.99. The molecule has 0 bridgehead atoms. The van der Waals surface area contributed by atoms with Gasteiger partial charge in [-0.2, -0.15) is 0 Å². The zero-order chi connectivity index (χ0) is 12.6. The lowest BCUT2D eigenvalue weighted by molar-refractivity contribution is 0.459. The zero-order valence-electron chi connectivity index (χ0n) is 8.24. The first-order valence-corrected chi connectivity index (χ1v) is 6.39. The summed E-state index contributed by atoms with van der Waals surface area (Å²) in [6, 6.07) is 3.66. The van der Waals surface area contributed by atoms with Gasteiger partial charge in [0.15, 0.2) is 5.69 Å². The Morgan fingerprint density at radius 1 is 1.41 bits per heavy atom. The van der Waals surface area contributed by atoms with E-state index in [4.69, 9.17) is 5.73 Å². The van der Waals surface area contributed by atoms with E-state index in [-0.39, 0.29) is 11.0 Å². The van der Waals surface area contributed by atoms with Crippen LogP contribution < -0.4 is 5.73 Å². The van der Waals surface area contributed by atoms with E-state index in [1.54, 1.807) is 0 Å². The molecular formula is C9H6Br2N4OS. The van der Waals surface area contributed by atoms with E-state index < -0.39 is 0 Å². The summed E-state index contributed by atoms with van der Waals surface area (Å²) in [5, 5.41) is 17.7. The second-order valence-corrected chi connectivity index (χ2v) is 5.36. The first kappa shape index (κ1) is 12.5. The van der Waals surface area contributed by atoms with E-state index in [2.05, 4.69) is 59.3 Å². The van der Waals surface area contributed by atoms with Crippen LogP contribution in [0.3, 0.4) is 0 Å². The molecule has 0 aliphatic heterocycles. The van der Waals surface area contributed by atoms with Crippen LogP contribution in [0.15, 0.2) is 31.3 Å². The third-order valence-electron chi connectivity index (χ3n) is 2.03. The third-order valence-corrected chi connectivity index (χ3v) is 3.19. The minimum absolute atomic E-state index is 0.0844. The van der Waals surface area contributed by atoms with Gasteiger partial charge in [0.05, 0.1) is 5.52 Å². The lowest BCUT2D eigenvalue weighted by Gasteiger charge is -1.96. The molecule has 1 heterocycles. The summed E-state index contributed by atoms with van der Waals surface area (Å²) in [7, 11) is 0. The molecule has 4 N–H and O–H groups in total. The van der Waals surface area contributed by atoms with Crippen molar-refractivity contribution in [2.24, 2.45) is 16.0 Å².